The number of benzene rings is 2. The van der Waals surface area contributed by atoms with Crippen molar-refractivity contribution in [1.29, 1.82) is 0 Å². The predicted molar refractivity (Wildman–Crippen MR) is 110 cm³/mol. The van der Waals surface area contributed by atoms with Crippen LogP contribution in [0.25, 0.3) is 10.9 Å². The highest BCUT2D eigenvalue weighted by molar-refractivity contribution is 5.85. The van der Waals surface area contributed by atoms with Gasteiger partial charge in [-0.3, -0.25) is 9.80 Å². The summed E-state index contributed by atoms with van der Waals surface area (Å²) >= 11 is 0. The summed E-state index contributed by atoms with van der Waals surface area (Å²) in [5, 5.41) is 1.10. The van der Waals surface area contributed by atoms with Crippen LogP contribution in [0.4, 0.5) is 4.39 Å². The smallest absolute Gasteiger partial charge is 0.123 e. The molecule has 2 aromatic carbocycles. The van der Waals surface area contributed by atoms with Crippen LogP contribution in [-0.4, -0.2) is 33.9 Å². The second kappa shape index (κ2) is 6.43. The minimum Gasteiger partial charge on any atom is -0.358 e. The van der Waals surface area contributed by atoms with Crippen LogP contribution < -0.4 is 0 Å². The SMILES string of the molecule is Fc1ccc2[nH]c3c(c2c1)[C@@H]1CC[C@H](C3)N1CCCN1Cc2ccccc2C1. The molecule has 1 fully saturated rings. The lowest BCUT2D eigenvalue weighted by atomic mass is 9.96. The van der Waals surface area contributed by atoms with Gasteiger partial charge in [-0.05, 0) is 54.2 Å². The Morgan fingerprint density at radius 2 is 1.82 bits per heavy atom. The van der Waals surface area contributed by atoms with E-state index in [1.807, 2.05) is 6.07 Å². The number of hydrogen-bond acceptors (Lipinski definition) is 2. The van der Waals surface area contributed by atoms with E-state index in [9.17, 15) is 4.39 Å². The van der Waals surface area contributed by atoms with Crippen molar-refractivity contribution in [3.8, 4) is 0 Å². The molecule has 0 unspecified atom stereocenters. The summed E-state index contributed by atoms with van der Waals surface area (Å²) in [5.74, 6) is -0.130. The van der Waals surface area contributed by atoms with E-state index in [0.717, 1.165) is 43.5 Å². The molecule has 2 atom stereocenters. The fraction of sp³-hybridized carbons (Fsp3) is 0.417. The second-order valence-corrected chi connectivity index (χ2v) is 8.73. The van der Waals surface area contributed by atoms with Crippen LogP contribution in [0, 0.1) is 5.82 Å². The summed E-state index contributed by atoms with van der Waals surface area (Å²) in [6.07, 6.45) is 4.75. The van der Waals surface area contributed by atoms with Crippen LogP contribution >= 0.6 is 0 Å². The summed E-state index contributed by atoms with van der Waals surface area (Å²) < 4.78 is 13.9. The zero-order chi connectivity index (χ0) is 18.7. The van der Waals surface area contributed by atoms with Gasteiger partial charge in [0.15, 0.2) is 0 Å². The number of aromatic nitrogens is 1. The van der Waals surface area contributed by atoms with Crippen LogP contribution in [0.3, 0.4) is 0 Å². The van der Waals surface area contributed by atoms with Crippen LogP contribution in [0.1, 0.15) is 47.7 Å². The fourth-order valence-electron chi connectivity index (χ4n) is 5.86. The molecule has 1 saturated heterocycles. The van der Waals surface area contributed by atoms with Gasteiger partial charge in [0, 0.05) is 61.3 Å². The summed E-state index contributed by atoms with van der Waals surface area (Å²) in [6.45, 7) is 4.48. The monoisotopic (exact) mass is 375 g/mol. The second-order valence-electron chi connectivity index (χ2n) is 8.73. The Balaban J connectivity index is 1.17. The molecule has 3 aromatic rings. The lowest BCUT2D eigenvalue weighted by Crippen LogP contribution is -2.38. The van der Waals surface area contributed by atoms with E-state index < -0.39 is 0 Å². The van der Waals surface area contributed by atoms with E-state index in [2.05, 4.69) is 39.0 Å². The average Bonchev–Trinajstić information content (AvgIpc) is 3.34. The normalized spacial score (nSPS) is 24.0. The number of fused-ring (bicyclic) bond motifs is 7. The Bertz CT molecular complexity index is 1010. The van der Waals surface area contributed by atoms with Crippen LogP contribution in [0.2, 0.25) is 0 Å². The third-order valence-corrected chi connectivity index (χ3v) is 7.10. The van der Waals surface area contributed by atoms with Crippen LogP contribution in [0.15, 0.2) is 42.5 Å². The van der Waals surface area contributed by atoms with Gasteiger partial charge in [0.1, 0.15) is 5.82 Å². The molecule has 3 aliphatic rings. The molecule has 28 heavy (non-hydrogen) atoms. The molecule has 0 radical (unpaired) electrons. The van der Waals surface area contributed by atoms with Crippen molar-refractivity contribution in [2.45, 2.75) is 50.9 Å². The molecule has 144 valence electrons. The van der Waals surface area contributed by atoms with Crippen LogP contribution in [0.5, 0.6) is 0 Å². The summed E-state index contributed by atoms with van der Waals surface area (Å²) in [5.41, 5.74) is 6.79. The summed E-state index contributed by atoms with van der Waals surface area (Å²) in [7, 11) is 0. The standard InChI is InChI=1S/C24H26FN3/c25-18-6-8-21-20(12-18)24-22(26-21)13-19-7-9-23(24)28(19)11-3-10-27-14-16-4-1-2-5-17(16)15-27/h1-2,4-6,8,12,19,23,26H,3,7,9-11,13-15H2/t19-,23+/m1/s1. The zero-order valence-electron chi connectivity index (χ0n) is 16.1. The molecule has 3 aliphatic heterocycles. The van der Waals surface area contributed by atoms with Gasteiger partial charge in [0.25, 0.3) is 0 Å². The molecule has 2 bridgehead atoms. The number of nitrogens with one attached hydrogen (secondary N) is 1. The van der Waals surface area contributed by atoms with Gasteiger partial charge in [-0.1, -0.05) is 24.3 Å². The third-order valence-electron chi connectivity index (χ3n) is 7.10. The van der Waals surface area contributed by atoms with Gasteiger partial charge in [0.2, 0.25) is 0 Å². The van der Waals surface area contributed by atoms with Crippen molar-refractivity contribution < 1.29 is 4.39 Å². The molecule has 0 spiro atoms. The number of halogens is 1. The highest BCUT2D eigenvalue weighted by Crippen LogP contribution is 2.46. The van der Waals surface area contributed by atoms with E-state index in [-0.39, 0.29) is 5.82 Å². The van der Waals surface area contributed by atoms with Crippen molar-refractivity contribution in [3.63, 3.8) is 0 Å². The van der Waals surface area contributed by atoms with E-state index >= 15 is 0 Å². The molecule has 1 aromatic heterocycles. The maximum atomic E-state index is 13.9. The number of rotatable bonds is 4. The number of H-pyrrole nitrogens is 1. The molecular formula is C24H26FN3. The molecule has 0 aliphatic carbocycles. The molecule has 4 heterocycles. The van der Waals surface area contributed by atoms with Crippen molar-refractivity contribution in [3.05, 3.63) is 70.7 Å². The van der Waals surface area contributed by atoms with Gasteiger partial charge in [0.05, 0.1) is 0 Å². The number of aromatic amines is 1. The Kier molecular flexibility index (Phi) is 3.85. The first-order valence-corrected chi connectivity index (χ1v) is 10.6. The van der Waals surface area contributed by atoms with Gasteiger partial charge in [-0.2, -0.15) is 0 Å². The van der Waals surface area contributed by atoms with E-state index in [1.165, 1.54) is 41.6 Å². The Morgan fingerprint density at radius 1 is 1.00 bits per heavy atom. The van der Waals surface area contributed by atoms with Crippen molar-refractivity contribution in [2.75, 3.05) is 13.1 Å². The van der Waals surface area contributed by atoms with Gasteiger partial charge in [-0.15, -0.1) is 0 Å². The highest BCUT2D eigenvalue weighted by Gasteiger charge is 2.41. The summed E-state index contributed by atoms with van der Waals surface area (Å²) in [6, 6.07) is 15.1. The molecule has 3 nitrogen and oxygen atoms in total. The van der Waals surface area contributed by atoms with E-state index in [4.69, 9.17) is 0 Å². The van der Waals surface area contributed by atoms with Gasteiger partial charge < -0.3 is 4.98 Å². The lowest BCUT2D eigenvalue weighted by molar-refractivity contribution is 0.162. The topological polar surface area (TPSA) is 22.3 Å². The summed E-state index contributed by atoms with van der Waals surface area (Å²) in [4.78, 5) is 8.86. The zero-order valence-corrected chi connectivity index (χ0v) is 16.1. The van der Waals surface area contributed by atoms with E-state index in [0.29, 0.717) is 12.1 Å². The maximum absolute atomic E-state index is 13.9. The molecule has 1 N–H and O–H groups in total. The first-order chi connectivity index (χ1) is 13.8. The fourth-order valence-corrected chi connectivity index (χ4v) is 5.86. The Morgan fingerprint density at radius 3 is 2.64 bits per heavy atom. The molecule has 4 heteroatoms. The quantitative estimate of drug-likeness (QED) is 0.709. The first-order valence-electron chi connectivity index (χ1n) is 10.6. The van der Waals surface area contributed by atoms with E-state index in [1.54, 1.807) is 12.1 Å². The van der Waals surface area contributed by atoms with Gasteiger partial charge >= 0.3 is 0 Å². The molecule has 0 amide bonds. The molecule has 0 saturated carbocycles. The maximum Gasteiger partial charge on any atom is 0.123 e. The lowest BCUT2D eigenvalue weighted by Gasteiger charge is -2.35. The number of hydrogen-bond donors (Lipinski definition) is 1. The highest BCUT2D eigenvalue weighted by atomic mass is 19.1. The molecule has 6 rings (SSSR count). The first kappa shape index (κ1) is 16.8. The predicted octanol–water partition coefficient (Wildman–Crippen LogP) is 4.77. The Hall–Kier alpha value is -2.17. The van der Waals surface area contributed by atoms with Crippen LogP contribution in [-0.2, 0) is 19.5 Å². The van der Waals surface area contributed by atoms with Gasteiger partial charge in [-0.25, -0.2) is 4.39 Å². The largest absolute Gasteiger partial charge is 0.358 e. The Labute approximate surface area is 165 Å². The van der Waals surface area contributed by atoms with Crippen molar-refractivity contribution in [1.82, 2.24) is 14.8 Å². The average molecular weight is 375 g/mol. The van der Waals surface area contributed by atoms with Crippen molar-refractivity contribution in [2.24, 2.45) is 0 Å². The van der Waals surface area contributed by atoms with Crippen molar-refractivity contribution >= 4 is 10.9 Å². The molecular weight excluding hydrogens is 349 g/mol. The minimum atomic E-state index is -0.130. The third kappa shape index (κ3) is 2.62. The minimum absolute atomic E-state index is 0.130. The number of nitrogens with zero attached hydrogens (tertiary/aromatic N) is 2.